The van der Waals surface area contributed by atoms with Gasteiger partial charge in [0.05, 0.1) is 0 Å². The molecular weight excluding hydrogens is 276 g/mol. The van der Waals surface area contributed by atoms with Crippen molar-refractivity contribution in [3.63, 3.8) is 0 Å². The molecule has 1 N–H and O–H groups in total. The van der Waals surface area contributed by atoms with Gasteiger partial charge in [0.2, 0.25) is 5.91 Å². The number of nitrogens with one attached hydrogen (secondary N) is 1. The van der Waals surface area contributed by atoms with Crippen LogP contribution >= 0.6 is 0 Å². The molecule has 0 fully saturated rings. The van der Waals surface area contributed by atoms with Crippen molar-refractivity contribution < 1.29 is 4.79 Å². The second kappa shape index (κ2) is 6.05. The first-order valence-electron chi connectivity index (χ1n) is 7.46. The van der Waals surface area contributed by atoms with Crippen molar-refractivity contribution in [1.82, 2.24) is 14.3 Å². The number of nitrogens with zero attached hydrogens (tertiary/aromatic N) is 3. The third kappa shape index (κ3) is 3.03. The molecule has 0 aliphatic rings. The summed E-state index contributed by atoms with van der Waals surface area (Å²) in [5.41, 5.74) is 2.53. The molecule has 0 atom stereocenters. The van der Waals surface area contributed by atoms with Gasteiger partial charge in [-0.05, 0) is 24.5 Å². The van der Waals surface area contributed by atoms with Crippen LogP contribution in [-0.2, 0) is 25.3 Å². The minimum Gasteiger partial charge on any atom is -0.350 e. The number of rotatable bonds is 5. The Bertz CT molecular complexity index is 800. The highest BCUT2D eigenvalue weighted by Crippen LogP contribution is 2.21. The minimum atomic E-state index is 0.0129. The average Bonchev–Trinajstić information content (AvgIpc) is 3.04. The molecule has 0 spiro atoms. The van der Waals surface area contributed by atoms with Gasteiger partial charge < -0.3 is 9.88 Å². The number of fused-ring (bicyclic) bond motifs is 1. The van der Waals surface area contributed by atoms with E-state index in [0.29, 0.717) is 12.2 Å². The van der Waals surface area contributed by atoms with Crippen LogP contribution in [0.25, 0.3) is 10.9 Å². The predicted molar refractivity (Wildman–Crippen MR) is 87.7 cm³/mol. The normalized spacial score (nSPS) is 11.0. The molecule has 114 valence electrons. The fraction of sp³-hybridized carbons (Fsp3) is 0.294. The number of para-hydroxylation sites is 1. The van der Waals surface area contributed by atoms with Gasteiger partial charge in [-0.25, -0.2) is 0 Å². The van der Waals surface area contributed by atoms with Gasteiger partial charge in [0.15, 0.2) is 5.82 Å². The number of hydrogen-bond acceptors (Lipinski definition) is 2. The number of aryl methyl sites for hydroxylation is 3. The van der Waals surface area contributed by atoms with Crippen LogP contribution in [0.1, 0.15) is 18.4 Å². The summed E-state index contributed by atoms with van der Waals surface area (Å²) in [6.45, 7) is 0. The monoisotopic (exact) mass is 296 g/mol. The van der Waals surface area contributed by atoms with Gasteiger partial charge in [0.25, 0.3) is 0 Å². The molecule has 0 radical (unpaired) electrons. The van der Waals surface area contributed by atoms with E-state index < -0.39 is 0 Å². The van der Waals surface area contributed by atoms with Crippen molar-refractivity contribution in [2.45, 2.75) is 19.3 Å². The summed E-state index contributed by atoms with van der Waals surface area (Å²) in [5.74, 6) is 0.622. The van der Waals surface area contributed by atoms with E-state index in [-0.39, 0.29) is 5.91 Å². The molecule has 2 heterocycles. The van der Waals surface area contributed by atoms with Gasteiger partial charge in [-0.1, -0.05) is 18.2 Å². The van der Waals surface area contributed by atoms with E-state index in [0.717, 1.165) is 12.8 Å². The molecule has 3 aromatic rings. The zero-order valence-electron chi connectivity index (χ0n) is 12.9. The lowest BCUT2D eigenvalue weighted by molar-refractivity contribution is -0.116. The van der Waals surface area contributed by atoms with Gasteiger partial charge >= 0.3 is 0 Å². The highest BCUT2D eigenvalue weighted by molar-refractivity contribution is 5.89. The molecule has 2 aromatic heterocycles. The molecule has 0 unspecified atom stereocenters. The Balaban J connectivity index is 1.57. The quantitative estimate of drug-likeness (QED) is 0.787. The van der Waals surface area contributed by atoms with Gasteiger partial charge in [-0.15, -0.1) is 0 Å². The van der Waals surface area contributed by atoms with Gasteiger partial charge in [0, 0.05) is 49.9 Å². The van der Waals surface area contributed by atoms with E-state index in [1.54, 1.807) is 10.7 Å². The van der Waals surface area contributed by atoms with Crippen molar-refractivity contribution in [3.8, 4) is 0 Å². The van der Waals surface area contributed by atoms with Crippen molar-refractivity contribution in [2.75, 3.05) is 5.32 Å². The molecule has 0 bridgehead atoms. The topological polar surface area (TPSA) is 51.9 Å². The van der Waals surface area contributed by atoms with Crippen molar-refractivity contribution in [2.24, 2.45) is 14.1 Å². The van der Waals surface area contributed by atoms with E-state index in [4.69, 9.17) is 0 Å². The van der Waals surface area contributed by atoms with Crippen LogP contribution in [0.5, 0.6) is 0 Å². The molecular formula is C17H20N4O. The van der Waals surface area contributed by atoms with E-state index in [1.807, 2.05) is 19.3 Å². The molecule has 3 rings (SSSR count). The Morgan fingerprint density at radius 2 is 2.05 bits per heavy atom. The fourth-order valence-corrected chi connectivity index (χ4v) is 2.75. The summed E-state index contributed by atoms with van der Waals surface area (Å²) in [6.07, 6.45) is 6.19. The average molecular weight is 296 g/mol. The first kappa shape index (κ1) is 14.4. The van der Waals surface area contributed by atoms with Crippen LogP contribution in [-0.4, -0.2) is 20.3 Å². The number of anilines is 1. The Hall–Kier alpha value is -2.56. The van der Waals surface area contributed by atoms with Gasteiger partial charge in [0.1, 0.15) is 0 Å². The third-order valence-electron chi connectivity index (χ3n) is 3.81. The van der Waals surface area contributed by atoms with Gasteiger partial charge in [-0.2, -0.15) is 5.10 Å². The summed E-state index contributed by atoms with van der Waals surface area (Å²) < 4.78 is 3.81. The highest BCUT2D eigenvalue weighted by atomic mass is 16.1. The molecule has 5 nitrogen and oxygen atoms in total. The molecule has 5 heteroatoms. The predicted octanol–water partition coefficient (Wildman–Crippen LogP) is 2.87. The number of hydrogen-bond donors (Lipinski definition) is 1. The Morgan fingerprint density at radius 1 is 1.23 bits per heavy atom. The number of carbonyl (C=O) groups excluding carboxylic acids is 1. The second-order valence-corrected chi connectivity index (χ2v) is 5.56. The lowest BCUT2D eigenvalue weighted by Gasteiger charge is -2.02. The maximum atomic E-state index is 11.9. The number of benzene rings is 1. The molecule has 1 amide bonds. The zero-order chi connectivity index (χ0) is 15.5. The molecule has 0 saturated carbocycles. The summed E-state index contributed by atoms with van der Waals surface area (Å²) in [7, 11) is 3.88. The standard InChI is InChI=1S/C17H20N4O/c1-20-12-13(14-7-3-4-8-15(14)20)6-5-9-17(22)18-16-10-11-21(2)19-16/h3-4,7-8,10-12H,5-6,9H2,1-2H3,(H,18,19,22). The Kier molecular flexibility index (Phi) is 3.96. The van der Waals surface area contributed by atoms with E-state index in [2.05, 4.69) is 46.4 Å². The van der Waals surface area contributed by atoms with Crippen LogP contribution in [0.4, 0.5) is 5.82 Å². The fourth-order valence-electron chi connectivity index (χ4n) is 2.75. The number of amides is 1. The Labute approximate surface area is 129 Å². The first-order valence-corrected chi connectivity index (χ1v) is 7.46. The van der Waals surface area contributed by atoms with E-state index >= 15 is 0 Å². The summed E-state index contributed by atoms with van der Waals surface area (Å²) in [5, 5.41) is 8.23. The lowest BCUT2D eigenvalue weighted by Crippen LogP contribution is -2.12. The minimum absolute atomic E-state index is 0.0129. The maximum absolute atomic E-state index is 11.9. The summed E-state index contributed by atoms with van der Waals surface area (Å²) in [4.78, 5) is 11.9. The lowest BCUT2D eigenvalue weighted by atomic mass is 10.1. The summed E-state index contributed by atoms with van der Waals surface area (Å²) in [6, 6.07) is 10.2. The van der Waals surface area contributed by atoms with Crippen LogP contribution in [0.2, 0.25) is 0 Å². The number of carbonyl (C=O) groups is 1. The SMILES string of the molecule is Cn1ccc(NC(=O)CCCc2cn(C)c3ccccc23)n1. The maximum Gasteiger partial charge on any atom is 0.225 e. The van der Waals surface area contributed by atoms with E-state index in [1.165, 1.54) is 16.5 Å². The first-order chi connectivity index (χ1) is 10.6. The smallest absolute Gasteiger partial charge is 0.225 e. The largest absolute Gasteiger partial charge is 0.350 e. The van der Waals surface area contributed by atoms with Crippen LogP contribution < -0.4 is 5.32 Å². The molecule has 0 aliphatic carbocycles. The highest BCUT2D eigenvalue weighted by Gasteiger charge is 2.08. The van der Waals surface area contributed by atoms with Crippen molar-refractivity contribution in [1.29, 1.82) is 0 Å². The van der Waals surface area contributed by atoms with Crippen molar-refractivity contribution >= 4 is 22.6 Å². The second-order valence-electron chi connectivity index (χ2n) is 5.56. The summed E-state index contributed by atoms with van der Waals surface area (Å²) >= 11 is 0. The van der Waals surface area contributed by atoms with Crippen LogP contribution in [0, 0.1) is 0 Å². The van der Waals surface area contributed by atoms with Crippen molar-refractivity contribution in [3.05, 3.63) is 48.3 Å². The van der Waals surface area contributed by atoms with Gasteiger partial charge in [-0.3, -0.25) is 9.48 Å². The van der Waals surface area contributed by atoms with E-state index in [9.17, 15) is 4.79 Å². The molecule has 0 aliphatic heterocycles. The zero-order valence-corrected chi connectivity index (χ0v) is 12.9. The molecule has 22 heavy (non-hydrogen) atoms. The number of aromatic nitrogens is 3. The molecule has 0 saturated heterocycles. The Morgan fingerprint density at radius 3 is 2.82 bits per heavy atom. The van der Waals surface area contributed by atoms with Crippen LogP contribution in [0.15, 0.2) is 42.7 Å². The molecule has 1 aromatic carbocycles. The van der Waals surface area contributed by atoms with Crippen LogP contribution in [0.3, 0.4) is 0 Å². The third-order valence-corrected chi connectivity index (χ3v) is 3.81.